The topological polar surface area (TPSA) is 239 Å². The molecule has 1 aromatic heterocycles. The zero-order chi connectivity index (χ0) is 47.3. The SMILES string of the molecule is CCC1(NC(=O)[C@@H]2C[C@H](NC(=O)c3cc(C(=O)N[C@H]4CCN(C(=O)[C@@H](NC(=O)[C@H](C)NC)C(C)(C)C)C4)n[nH]3)CN2C(=O)[C@@H](NC(=O)[C@H](C)NC)C(C)(C)C)CCCc2ccccc21. The van der Waals surface area contributed by atoms with Crippen molar-refractivity contribution in [2.45, 2.75) is 149 Å². The van der Waals surface area contributed by atoms with Crippen LogP contribution < -0.4 is 37.2 Å². The molecule has 1 unspecified atom stereocenters. The number of rotatable bonds is 15. The number of likely N-dealkylation sites (tertiary alicyclic amines) is 2. The second-order valence-electron chi connectivity index (χ2n) is 19.9. The lowest BCUT2D eigenvalue weighted by atomic mass is 9.74. The van der Waals surface area contributed by atoms with Crippen LogP contribution in [0.15, 0.2) is 30.3 Å². The molecule has 5 rings (SSSR count). The normalized spacial score (nSPS) is 23.0. The smallest absolute Gasteiger partial charge is 0.272 e. The van der Waals surface area contributed by atoms with Crippen molar-refractivity contribution in [2.75, 3.05) is 33.7 Å². The highest BCUT2D eigenvalue weighted by atomic mass is 16.2. The molecule has 3 aliphatic rings. The molecule has 2 fully saturated rings. The Morgan fingerprint density at radius 3 is 2.02 bits per heavy atom. The van der Waals surface area contributed by atoms with E-state index in [1.807, 2.05) is 66.7 Å². The molecule has 1 aromatic carbocycles. The standard InChI is InChI=1S/C46H71N11O7/c1-12-46(20-15-17-28-16-13-14-18-31(28)46)53-41(62)34-22-30(25-57(34)43(64)36(45(7,8)9)52-38(59)27(3)48-11)50-40(61)33-23-32(54-55-33)39(60)49-29-19-21-56(24-29)42(63)35(44(4,5)6)51-37(58)26(2)47-10/h13-14,16,18,23,26-27,29-30,34-36,47-48H,12,15,17,19-22,24-25H2,1-11H3,(H,49,60)(H,50,61)(H,51,58)(H,52,59)(H,53,62)(H,54,55)/t26-,27-,29-,30-,34-,35+,36+,46?/m0/s1. The van der Waals surface area contributed by atoms with Gasteiger partial charge in [0.25, 0.3) is 11.8 Å². The van der Waals surface area contributed by atoms with E-state index in [0.29, 0.717) is 19.4 Å². The van der Waals surface area contributed by atoms with Gasteiger partial charge in [-0.05, 0) is 88.4 Å². The van der Waals surface area contributed by atoms with Crippen LogP contribution in [0.2, 0.25) is 0 Å². The molecule has 7 amide bonds. The van der Waals surface area contributed by atoms with Crippen molar-refractivity contribution >= 4 is 41.4 Å². The maximum Gasteiger partial charge on any atom is 0.272 e. The Hall–Kier alpha value is -5.36. The number of hydrogen-bond donors (Lipinski definition) is 8. The van der Waals surface area contributed by atoms with Crippen LogP contribution in [0.1, 0.15) is 127 Å². The van der Waals surface area contributed by atoms with Crippen LogP contribution in [0.4, 0.5) is 0 Å². The van der Waals surface area contributed by atoms with Gasteiger partial charge in [0.05, 0.1) is 17.6 Å². The van der Waals surface area contributed by atoms with Gasteiger partial charge >= 0.3 is 0 Å². The summed E-state index contributed by atoms with van der Waals surface area (Å²) in [4.78, 5) is 99.0. The molecule has 2 aliphatic heterocycles. The number of H-pyrrole nitrogens is 1. The Balaban J connectivity index is 1.29. The molecule has 0 bridgehead atoms. The molecule has 0 radical (unpaired) electrons. The first-order valence-electron chi connectivity index (χ1n) is 22.7. The van der Waals surface area contributed by atoms with Gasteiger partial charge in [-0.3, -0.25) is 38.7 Å². The van der Waals surface area contributed by atoms with Crippen LogP contribution >= 0.6 is 0 Å². The van der Waals surface area contributed by atoms with Crippen molar-refractivity contribution in [3.8, 4) is 0 Å². The van der Waals surface area contributed by atoms with Crippen LogP contribution in [0.25, 0.3) is 0 Å². The van der Waals surface area contributed by atoms with Crippen LogP contribution in [0, 0.1) is 10.8 Å². The predicted molar refractivity (Wildman–Crippen MR) is 242 cm³/mol. The minimum atomic E-state index is -0.984. The van der Waals surface area contributed by atoms with Crippen LogP contribution in [0.5, 0.6) is 0 Å². The fourth-order valence-corrected chi connectivity index (χ4v) is 8.86. The average Bonchev–Trinajstić information content (AvgIpc) is 4.04. The number of carbonyl (C=O) groups excluding carboxylic acids is 7. The molecule has 3 heterocycles. The van der Waals surface area contributed by atoms with Crippen molar-refractivity contribution in [2.24, 2.45) is 10.8 Å². The Labute approximate surface area is 377 Å². The number of aromatic amines is 1. The molecule has 8 N–H and O–H groups in total. The third kappa shape index (κ3) is 11.3. The van der Waals surface area contributed by atoms with Gasteiger partial charge in [-0.2, -0.15) is 5.10 Å². The first-order chi connectivity index (χ1) is 30.0. The number of amides is 7. The Bertz CT molecular complexity index is 2060. The third-order valence-corrected chi connectivity index (χ3v) is 13.1. The van der Waals surface area contributed by atoms with Gasteiger partial charge in [0, 0.05) is 37.8 Å². The molecule has 1 aliphatic carbocycles. The van der Waals surface area contributed by atoms with Gasteiger partial charge in [-0.25, -0.2) is 0 Å². The number of fused-ring (bicyclic) bond motifs is 1. The number of hydrogen-bond acceptors (Lipinski definition) is 10. The van der Waals surface area contributed by atoms with E-state index in [1.54, 1.807) is 32.8 Å². The van der Waals surface area contributed by atoms with Crippen molar-refractivity contribution in [1.82, 2.24) is 57.2 Å². The first kappa shape index (κ1) is 49.7. The molecule has 352 valence electrons. The van der Waals surface area contributed by atoms with Crippen molar-refractivity contribution in [3.05, 3.63) is 52.8 Å². The summed E-state index contributed by atoms with van der Waals surface area (Å²) in [6, 6.07) is 4.59. The molecule has 8 atom stereocenters. The number of nitrogens with zero attached hydrogens (tertiary/aromatic N) is 3. The van der Waals surface area contributed by atoms with E-state index in [0.717, 1.165) is 24.8 Å². The second-order valence-corrected chi connectivity index (χ2v) is 19.9. The lowest BCUT2D eigenvalue weighted by Crippen LogP contribution is -2.60. The second kappa shape index (κ2) is 20.2. The highest BCUT2D eigenvalue weighted by Crippen LogP contribution is 2.38. The van der Waals surface area contributed by atoms with Crippen molar-refractivity contribution in [1.29, 1.82) is 0 Å². The summed E-state index contributed by atoms with van der Waals surface area (Å²) in [5, 5.41) is 27.6. The van der Waals surface area contributed by atoms with Gasteiger partial charge in [0.2, 0.25) is 29.5 Å². The van der Waals surface area contributed by atoms with Gasteiger partial charge in [-0.1, -0.05) is 72.7 Å². The summed E-state index contributed by atoms with van der Waals surface area (Å²) in [6.07, 6.45) is 3.75. The fourth-order valence-electron chi connectivity index (χ4n) is 8.86. The van der Waals surface area contributed by atoms with E-state index < -0.39 is 70.3 Å². The maximum absolute atomic E-state index is 14.6. The summed E-state index contributed by atoms with van der Waals surface area (Å²) < 4.78 is 0. The third-order valence-electron chi connectivity index (χ3n) is 13.1. The molecular weight excluding hydrogens is 819 g/mol. The van der Waals surface area contributed by atoms with Crippen LogP contribution in [-0.2, 0) is 35.9 Å². The number of benzene rings is 1. The Morgan fingerprint density at radius 1 is 0.828 bits per heavy atom. The minimum Gasteiger partial charge on any atom is -0.346 e. The molecule has 64 heavy (non-hydrogen) atoms. The first-order valence-corrected chi connectivity index (χ1v) is 22.7. The summed E-state index contributed by atoms with van der Waals surface area (Å²) >= 11 is 0. The summed E-state index contributed by atoms with van der Waals surface area (Å²) in [5.41, 5.74) is 0.270. The molecule has 2 aromatic rings. The van der Waals surface area contributed by atoms with Gasteiger partial charge < -0.3 is 47.0 Å². The van der Waals surface area contributed by atoms with Gasteiger partial charge in [0.1, 0.15) is 23.8 Å². The van der Waals surface area contributed by atoms with E-state index in [1.165, 1.54) is 16.5 Å². The van der Waals surface area contributed by atoms with E-state index in [2.05, 4.69) is 53.5 Å². The predicted octanol–water partition coefficient (Wildman–Crippen LogP) is 1.48. The number of aromatic nitrogens is 2. The van der Waals surface area contributed by atoms with E-state index >= 15 is 0 Å². The van der Waals surface area contributed by atoms with E-state index in [9.17, 15) is 33.6 Å². The number of carbonyl (C=O) groups is 7. The van der Waals surface area contributed by atoms with Crippen molar-refractivity contribution in [3.63, 3.8) is 0 Å². The Kier molecular flexibility index (Phi) is 15.7. The van der Waals surface area contributed by atoms with Crippen molar-refractivity contribution < 1.29 is 33.6 Å². The minimum absolute atomic E-state index is 0.00310. The highest BCUT2D eigenvalue weighted by Gasteiger charge is 2.48. The zero-order valence-corrected chi connectivity index (χ0v) is 39.5. The molecular formula is C46H71N11O7. The van der Waals surface area contributed by atoms with Crippen LogP contribution in [-0.4, -0.2) is 137 Å². The van der Waals surface area contributed by atoms with Gasteiger partial charge in [0.15, 0.2) is 5.69 Å². The Morgan fingerprint density at radius 2 is 1.42 bits per heavy atom. The van der Waals surface area contributed by atoms with E-state index in [-0.39, 0.29) is 60.6 Å². The zero-order valence-electron chi connectivity index (χ0n) is 39.5. The van der Waals surface area contributed by atoms with Crippen LogP contribution in [0.3, 0.4) is 0 Å². The number of aryl methyl sites for hydroxylation is 1. The average molecular weight is 890 g/mol. The summed E-state index contributed by atoms with van der Waals surface area (Å²) in [6.45, 7) is 17.2. The fraction of sp³-hybridized carbons (Fsp3) is 0.652. The lowest BCUT2D eigenvalue weighted by Gasteiger charge is -2.41. The molecule has 18 nitrogen and oxygen atoms in total. The highest BCUT2D eigenvalue weighted by molar-refractivity contribution is 5.99. The maximum atomic E-state index is 14.6. The molecule has 2 saturated heterocycles. The molecule has 0 spiro atoms. The summed E-state index contributed by atoms with van der Waals surface area (Å²) in [7, 11) is 3.32. The quantitative estimate of drug-likeness (QED) is 0.128. The number of nitrogens with one attached hydrogen (secondary N) is 8. The molecule has 18 heteroatoms. The lowest BCUT2D eigenvalue weighted by molar-refractivity contribution is -0.144. The van der Waals surface area contributed by atoms with E-state index in [4.69, 9.17) is 0 Å². The monoisotopic (exact) mass is 890 g/mol. The summed E-state index contributed by atoms with van der Waals surface area (Å²) in [5.74, 6) is -2.80. The molecule has 0 saturated carbocycles. The van der Waals surface area contributed by atoms with Gasteiger partial charge in [-0.15, -0.1) is 0 Å². The number of likely N-dealkylation sites (N-methyl/N-ethyl adjacent to an activating group) is 2. The largest absolute Gasteiger partial charge is 0.346 e.